The van der Waals surface area contributed by atoms with Crippen LogP contribution < -0.4 is 0 Å². The molecule has 0 N–H and O–H groups in total. The molecule has 0 spiro atoms. The van der Waals surface area contributed by atoms with Gasteiger partial charge in [-0.25, -0.2) is 0 Å². The van der Waals surface area contributed by atoms with Gasteiger partial charge in [0.15, 0.2) is 0 Å². The first-order valence-electron chi connectivity index (χ1n) is 5.36. The lowest BCUT2D eigenvalue weighted by atomic mass is 9.74. The minimum atomic E-state index is 0.540. The van der Waals surface area contributed by atoms with Gasteiger partial charge in [0.25, 0.3) is 0 Å². The van der Waals surface area contributed by atoms with E-state index in [0.717, 1.165) is 24.7 Å². The number of carbonyl (C=O) groups excluding carboxylic acids is 1. The van der Waals surface area contributed by atoms with Gasteiger partial charge in [-0.05, 0) is 18.3 Å². The van der Waals surface area contributed by atoms with Crippen LogP contribution in [-0.4, -0.2) is 5.78 Å². The van der Waals surface area contributed by atoms with E-state index in [1.807, 2.05) is 0 Å². The first-order valence-corrected chi connectivity index (χ1v) is 5.36. The molecule has 1 heteroatoms. The molecule has 0 amide bonds. The van der Waals surface area contributed by atoms with E-state index in [4.69, 9.17) is 0 Å². The lowest BCUT2D eigenvalue weighted by Crippen LogP contribution is -2.24. The van der Waals surface area contributed by atoms with E-state index in [2.05, 4.69) is 0 Å². The van der Waals surface area contributed by atoms with Crippen LogP contribution >= 0.6 is 0 Å². The molecule has 0 aliphatic heterocycles. The average molecular weight is 166 g/mol. The van der Waals surface area contributed by atoms with Crippen molar-refractivity contribution in [3.63, 3.8) is 0 Å². The molecule has 68 valence electrons. The van der Waals surface area contributed by atoms with Crippen molar-refractivity contribution in [2.75, 3.05) is 0 Å². The third kappa shape index (κ3) is 1.88. The van der Waals surface area contributed by atoms with Gasteiger partial charge in [0.2, 0.25) is 0 Å². The molecule has 2 saturated carbocycles. The smallest absolute Gasteiger partial charge is 0.133 e. The summed E-state index contributed by atoms with van der Waals surface area (Å²) in [5, 5.41) is 0. The highest BCUT2D eigenvalue weighted by Crippen LogP contribution is 2.35. The summed E-state index contributed by atoms with van der Waals surface area (Å²) >= 11 is 0. The monoisotopic (exact) mass is 166 g/mol. The van der Waals surface area contributed by atoms with Crippen LogP contribution in [0.25, 0.3) is 0 Å². The van der Waals surface area contributed by atoms with Gasteiger partial charge in [-0.15, -0.1) is 0 Å². The van der Waals surface area contributed by atoms with Crippen LogP contribution in [0.5, 0.6) is 0 Å². The Bertz CT molecular complexity index is 158. The molecule has 2 fully saturated rings. The fraction of sp³-hybridized carbons (Fsp3) is 0.909. The number of hydrogen-bond donors (Lipinski definition) is 0. The zero-order valence-electron chi connectivity index (χ0n) is 7.72. The van der Waals surface area contributed by atoms with Crippen molar-refractivity contribution in [2.24, 2.45) is 11.8 Å². The van der Waals surface area contributed by atoms with Gasteiger partial charge in [-0.2, -0.15) is 0 Å². The first kappa shape index (κ1) is 8.28. The molecule has 2 atom stereocenters. The second kappa shape index (κ2) is 3.59. The highest BCUT2D eigenvalue weighted by molar-refractivity contribution is 5.79. The largest absolute Gasteiger partial charge is 0.300 e. The highest BCUT2D eigenvalue weighted by atomic mass is 16.1. The van der Waals surface area contributed by atoms with Gasteiger partial charge in [0.1, 0.15) is 5.78 Å². The van der Waals surface area contributed by atoms with E-state index in [1.54, 1.807) is 0 Å². The predicted molar refractivity (Wildman–Crippen MR) is 48.9 cm³/mol. The summed E-state index contributed by atoms with van der Waals surface area (Å²) in [6, 6.07) is 0. The second-order valence-electron chi connectivity index (χ2n) is 4.55. The third-order valence-electron chi connectivity index (χ3n) is 3.42. The van der Waals surface area contributed by atoms with Gasteiger partial charge in [0, 0.05) is 12.8 Å². The molecular weight excluding hydrogens is 148 g/mol. The average Bonchev–Trinajstić information content (AvgIpc) is 2.00. The zero-order valence-corrected chi connectivity index (χ0v) is 7.72. The maximum Gasteiger partial charge on any atom is 0.133 e. The molecule has 0 aromatic heterocycles. The molecule has 2 aliphatic carbocycles. The normalized spacial score (nSPS) is 37.2. The minimum absolute atomic E-state index is 0.540. The summed E-state index contributed by atoms with van der Waals surface area (Å²) in [4.78, 5) is 11.3. The van der Waals surface area contributed by atoms with Crippen LogP contribution in [0.2, 0.25) is 0 Å². The summed E-state index contributed by atoms with van der Waals surface area (Å²) in [5.41, 5.74) is 0. The SMILES string of the molecule is O=C1C[C@H]2CCCCC[C@@H](C1)C2. The van der Waals surface area contributed by atoms with Crippen LogP contribution in [0.1, 0.15) is 51.4 Å². The van der Waals surface area contributed by atoms with Crippen molar-refractivity contribution in [3.8, 4) is 0 Å². The van der Waals surface area contributed by atoms with Crippen LogP contribution in [0.15, 0.2) is 0 Å². The number of rotatable bonds is 0. The number of hydrogen-bond acceptors (Lipinski definition) is 1. The summed E-state index contributed by atoms with van der Waals surface area (Å²) in [5.74, 6) is 2.06. The van der Waals surface area contributed by atoms with Gasteiger partial charge >= 0.3 is 0 Å². The maximum atomic E-state index is 11.3. The Morgan fingerprint density at radius 2 is 1.50 bits per heavy atom. The lowest BCUT2D eigenvalue weighted by molar-refractivity contribution is -0.123. The van der Waals surface area contributed by atoms with Crippen LogP contribution in [0.3, 0.4) is 0 Å². The fourth-order valence-corrected chi connectivity index (χ4v) is 2.85. The van der Waals surface area contributed by atoms with E-state index in [0.29, 0.717) is 5.78 Å². The Morgan fingerprint density at radius 1 is 0.917 bits per heavy atom. The topological polar surface area (TPSA) is 17.1 Å². The molecule has 0 unspecified atom stereocenters. The molecule has 2 aliphatic rings. The summed E-state index contributed by atoms with van der Waals surface area (Å²) in [6.45, 7) is 0. The summed E-state index contributed by atoms with van der Waals surface area (Å²) in [7, 11) is 0. The van der Waals surface area contributed by atoms with E-state index >= 15 is 0 Å². The highest BCUT2D eigenvalue weighted by Gasteiger charge is 2.27. The van der Waals surface area contributed by atoms with Crippen molar-refractivity contribution in [3.05, 3.63) is 0 Å². The van der Waals surface area contributed by atoms with Crippen molar-refractivity contribution >= 4 is 5.78 Å². The maximum absolute atomic E-state index is 11.3. The van der Waals surface area contributed by atoms with E-state index in [-0.39, 0.29) is 0 Å². The molecule has 0 radical (unpaired) electrons. The Morgan fingerprint density at radius 3 is 2.08 bits per heavy atom. The van der Waals surface area contributed by atoms with Crippen molar-refractivity contribution in [1.29, 1.82) is 0 Å². The Hall–Kier alpha value is -0.330. The molecule has 2 rings (SSSR count). The molecular formula is C11H18O. The van der Waals surface area contributed by atoms with Crippen LogP contribution in [0.4, 0.5) is 0 Å². The molecule has 0 aromatic carbocycles. The third-order valence-corrected chi connectivity index (χ3v) is 3.42. The van der Waals surface area contributed by atoms with Crippen molar-refractivity contribution in [1.82, 2.24) is 0 Å². The number of fused-ring (bicyclic) bond motifs is 2. The fourth-order valence-electron chi connectivity index (χ4n) is 2.85. The van der Waals surface area contributed by atoms with E-state index in [9.17, 15) is 4.79 Å². The standard InChI is InChI=1S/C11H18O/c12-11-7-9-4-2-1-3-5-10(6-9)8-11/h9-10H,1-8H2/t9-,10+. The molecule has 0 heterocycles. The molecule has 12 heavy (non-hydrogen) atoms. The Labute approximate surface area is 74.5 Å². The van der Waals surface area contributed by atoms with Gasteiger partial charge < -0.3 is 0 Å². The quantitative estimate of drug-likeness (QED) is 0.540. The minimum Gasteiger partial charge on any atom is -0.300 e. The van der Waals surface area contributed by atoms with Crippen molar-refractivity contribution < 1.29 is 4.79 Å². The van der Waals surface area contributed by atoms with E-state index in [1.165, 1.54) is 38.5 Å². The van der Waals surface area contributed by atoms with Gasteiger partial charge in [-0.3, -0.25) is 4.79 Å². The Kier molecular flexibility index (Phi) is 2.48. The summed E-state index contributed by atoms with van der Waals surface area (Å²) < 4.78 is 0. The van der Waals surface area contributed by atoms with E-state index < -0.39 is 0 Å². The van der Waals surface area contributed by atoms with Crippen LogP contribution in [-0.2, 0) is 4.79 Å². The number of ketones is 1. The van der Waals surface area contributed by atoms with Gasteiger partial charge in [0.05, 0.1) is 0 Å². The lowest BCUT2D eigenvalue weighted by Gasteiger charge is -2.30. The molecule has 0 saturated heterocycles. The zero-order chi connectivity index (χ0) is 8.39. The number of carbonyl (C=O) groups is 1. The Balaban J connectivity index is 1.98. The number of Topliss-reactive ketones (excluding diaryl/α,β-unsaturated/α-hetero) is 1. The predicted octanol–water partition coefficient (Wildman–Crippen LogP) is 2.94. The van der Waals surface area contributed by atoms with Crippen molar-refractivity contribution in [2.45, 2.75) is 51.4 Å². The van der Waals surface area contributed by atoms with Gasteiger partial charge in [-0.1, -0.05) is 32.1 Å². The molecule has 2 bridgehead atoms. The van der Waals surface area contributed by atoms with Crippen LogP contribution in [0, 0.1) is 11.8 Å². The molecule has 1 nitrogen and oxygen atoms in total. The molecule has 0 aromatic rings. The summed E-state index contributed by atoms with van der Waals surface area (Å²) in [6.07, 6.45) is 9.93. The second-order valence-corrected chi connectivity index (χ2v) is 4.55. The first-order chi connectivity index (χ1) is 5.84.